The van der Waals surface area contributed by atoms with E-state index >= 15 is 0 Å². The average molecular weight is 348 g/mol. The van der Waals surface area contributed by atoms with E-state index in [2.05, 4.69) is 0 Å². The van der Waals surface area contributed by atoms with Crippen molar-refractivity contribution in [2.45, 2.75) is 38.2 Å². The number of hydrogen-bond donors (Lipinski definition) is 1. The van der Waals surface area contributed by atoms with E-state index in [-0.39, 0.29) is 6.42 Å². The monoisotopic (exact) mass is 348 g/mol. The molecule has 1 aromatic rings. The molecule has 0 unspecified atom stereocenters. The zero-order valence-corrected chi connectivity index (χ0v) is 14.9. The van der Waals surface area contributed by atoms with Crippen LogP contribution in [0.2, 0.25) is 0 Å². The highest BCUT2D eigenvalue weighted by molar-refractivity contribution is 6.02. The topological polar surface area (TPSA) is 89.9 Å². The van der Waals surface area contributed by atoms with Gasteiger partial charge in [-0.3, -0.25) is 14.4 Å². The second-order valence-corrected chi connectivity index (χ2v) is 6.62. The fourth-order valence-corrected chi connectivity index (χ4v) is 3.65. The molecule has 1 fully saturated rings. The van der Waals surface area contributed by atoms with Gasteiger partial charge in [0.2, 0.25) is 0 Å². The van der Waals surface area contributed by atoms with Gasteiger partial charge in [-0.2, -0.15) is 0 Å². The smallest absolute Gasteiger partial charge is 0.316 e. The van der Waals surface area contributed by atoms with Crippen LogP contribution in [0.4, 0.5) is 0 Å². The molecule has 0 spiro atoms. The van der Waals surface area contributed by atoms with Crippen LogP contribution in [0, 0.1) is 11.8 Å². The first-order valence-corrected chi connectivity index (χ1v) is 8.26. The summed E-state index contributed by atoms with van der Waals surface area (Å²) in [5, 5.41) is 10.7. The Hall–Kier alpha value is -2.21. The van der Waals surface area contributed by atoms with Crippen LogP contribution in [0.25, 0.3) is 0 Å². The van der Waals surface area contributed by atoms with Gasteiger partial charge in [0.15, 0.2) is 5.78 Å². The lowest BCUT2D eigenvalue weighted by molar-refractivity contribution is -0.170. The fourth-order valence-electron chi connectivity index (χ4n) is 3.65. The van der Waals surface area contributed by atoms with Crippen LogP contribution >= 0.6 is 0 Å². The van der Waals surface area contributed by atoms with Crippen molar-refractivity contribution in [1.82, 2.24) is 0 Å². The van der Waals surface area contributed by atoms with Crippen LogP contribution in [0.5, 0.6) is 0 Å². The first-order chi connectivity index (χ1) is 11.8. The molecule has 6 nitrogen and oxygen atoms in total. The third-order valence-corrected chi connectivity index (χ3v) is 4.95. The number of esters is 2. The number of ether oxygens (including phenoxy) is 2. The third-order valence-electron chi connectivity index (χ3n) is 4.95. The molecule has 1 aromatic carbocycles. The number of carbonyl (C=O) groups excluding carboxylic acids is 3. The lowest BCUT2D eigenvalue weighted by Crippen LogP contribution is -2.55. The lowest BCUT2D eigenvalue weighted by Gasteiger charge is -2.43. The van der Waals surface area contributed by atoms with E-state index in [0.717, 1.165) is 12.0 Å². The van der Waals surface area contributed by atoms with E-state index in [1.807, 2.05) is 19.1 Å². The van der Waals surface area contributed by atoms with Crippen molar-refractivity contribution in [3.63, 3.8) is 0 Å². The fraction of sp³-hybridized carbons (Fsp3) is 0.526. The molecule has 136 valence electrons. The van der Waals surface area contributed by atoms with Gasteiger partial charge in [-0.1, -0.05) is 31.2 Å². The molecule has 1 aliphatic carbocycles. The molecule has 25 heavy (non-hydrogen) atoms. The highest BCUT2D eigenvalue weighted by Gasteiger charge is 2.56. The van der Waals surface area contributed by atoms with Crippen molar-refractivity contribution >= 4 is 17.7 Å². The standard InChI is InChI=1S/C19H24O6/c1-5-11-6-8-12(9-7-11)14-15(17(21)24-3)13(20)10-19(2,23)16(14)18(22)25-4/h6-9,14-16,23H,5,10H2,1-4H3/t14-,15+,16+,19-/m1/s1. The molecule has 0 radical (unpaired) electrons. The van der Waals surface area contributed by atoms with E-state index in [1.165, 1.54) is 21.1 Å². The van der Waals surface area contributed by atoms with Gasteiger partial charge in [0.1, 0.15) is 5.92 Å². The number of rotatable bonds is 4. The summed E-state index contributed by atoms with van der Waals surface area (Å²) in [5.74, 6) is -4.85. The van der Waals surface area contributed by atoms with Gasteiger partial charge in [-0.05, 0) is 24.5 Å². The minimum absolute atomic E-state index is 0.309. The van der Waals surface area contributed by atoms with E-state index in [1.54, 1.807) is 12.1 Å². The lowest BCUT2D eigenvalue weighted by atomic mass is 9.61. The predicted octanol–water partition coefficient (Wildman–Crippen LogP) is 1.63. The zero-order chi connectivity index (χ0) is 18.8. The molecule has 0 heterocycles. The number of ketones is 1. The van der Waals surface area contributed by atoms with Crippen molar-refractivity contribution in [3.05, 3.63) is 35.4 Å². The van der Waals surface area contributed by atoms with Crippen LogP contribution in [0.1, 0.15) is 37.3 Å². The minimum Gasteiger partial charge on any atom is -0.469 e. The Bertz CT molecular complexity index is 661. The minimum atomic E-state index is -1.61. The molecule has 0 bridgehead atoms. The summed E-state index contributed by atoms with van der Waals surface area (Å²) >= 11 is 0. The average Bonchev–Trinajstić information content (AvgIpc) is 2.59. The Kier molecular flexibility index (Phi) is 5.62. The molecule has 2 rings (SSSR count). The van der Waals surface area contributed by atoms with Gasteiger partial charge in [-0.25, -0.2) is 0 Å². The van der Waals surface area contributed by atoms with E-state index < -0.39 is 41.1 Å². The van der Waals surface area contributed by atoms with Crippen LogP contribution in [-0.4, -0.2) is 42.6 Å². The molecule has 1 aliphatic rings. The van der Waals surface area contributed by atoms with Crippen LogP contribution in [-0.2, 0) is 30.3 Å². The van der Waals surface area contributed by atoms with Gasteiger partial charge in [0.25, 0.3) is 0 Å². The number of benzene rings is 1. The number of Topliss-reactive ketones (excluding diaryl/α,β-unsaturated/α-hetero) is 1. The van der Waals surface area contributed by atoms with Crippen LogP contribution in [0.15, 0.2) is 24.3 Å². The van der Waals surface area contributed by atoms with Crippen LogP contribution in [0.3, 0.4) is 0 Å². The molecule has 1 saturated carbocycles. The van der Waals surface area contributed by atoms with E-state index in [9.17, 15) is 19.5 Å². The first kappa shape index (κ1) is 19.1. The number of carbonyl (C=O) groups is 3. The normalized spacial score (nSPS) is 29.2. The Morgan fingerprint density at radius 3 is 2.20 bits per heavy atom. The van der Waals surface area contributed by atoms with Gasteiger partial charge >= 0.3 is 11.9 Å². The number of methoxy groups -OCH3 is 2. The van der Waals surface area contributed by atoms with Gasteiger partial charge in [0, 0.05) is 12.3 Å². The SMILES string of the molecule is CCc1ccc([C@@H]2[C@@H](C(=O)OC)C(=O)C[C@@](C)(O)[C@@H]2C(=O)OC)cc1. The van der Waals surface area contributed by atoms with Crippen molar-refractivity contribution in [2.75, 3.05) is 14.2 Å². The molecule has 0 saturated heterocycles. The van der Waals surface area contributed by atoms with Crippen molar-refractivity contribution in [3.8, 4) is 0 Å². The Morgan fingerprint density at radius 1 is 1.16 bits per heavy atom. The Labute approximate surface area is 147 Å². The van der Waals surface area contributed by atoms with E-state index in [0.29, 0.717) is 5.56 Å². The molecular formula is C19H24O6. The number of aryl methyl sites for hydroxylation is 1. The third kappa shape index (κ3) is 3.58. The Balaban J connectivity index is 2.61. The highest BCUT2D eigenvalue weighted by atomic mass is 16.5. The maximum atomic E-state index is 12.6. The second kappa shape index (κ2) is 7.35. The summed E-state index contributed by atoms with van der Waals surface area (Å²) in [6, 6.07) is 7.33. The van der Waals surface area contributed by atoms with Crippen molar-refractivity contribution in [2.24, 2.45) is 11.8 Å². The second-order valence-electron chi connectivity index (χ2n) is 6.62. The van der Waals surface area contributed by atoms with Gasteiger partial charge in [0.05, 0.1) is 25.7 Å². The maximum absolute atomic E-state index is 12.6. The molecule has 0 amide bonds. The summed E-state index contributed by atoms with van der Waals surface area (Å²) in [6.07, 6.45) is 0.526. The van der Waals surface area contributed by atoms with Gasteiger partial charge in [-0.15, -0.1) is 0 Å². The molecule has 1 N–H and O–H groups in total. The molecule has 0 aromatic heterocycles. The molecule has 4 atom stereocenters. The largest absolute Gasteiger partial charge is 0.469 e. The quantitative estimate of drug-likeness (QED) is 0.657. The molecule has 6 heteroatoms. The summed E-state index contributed by atoms with van der Waals surface area (Å²) < 4.78 is 9.65. The van der Waals surface area contributed by atoms with Crippen molar-refractivity contribution in [1.29, 1.82) is 0 Å². The van der Waals surface area contributed by atoms with Gasteiger partial charge < -0.3 is 14.6 Å². The first-order valence-electron chi connectivity index (χ1n) is 8.26. The van der Waals surface area contributed by atoms with E-state index in [4.69, 9.17) is 9.47 Å². The summed E-state index contributed by atoms with van der Waals surface area (Å²) in [6.45, 7) is 3.44. The molecule has 0 aliphatic heterocycles. The van der Waals surface area contributed by atoms with Crippen molar-refractivity contribution < 1.29 is 29.0 Å². The Morgan fingerprint density at radius 2 is 1.72 bits per heavy atom. The summed E-state index contributed by atoms with van der Waals surface area (Å²) in [4.78, 5) is 37.2. The number of aliphatic hydroxyl groups is 1. The highest BCUT2D eigenvalue weighted by Crippen LogP contribution is 2.46. The number of hydrogen-bond acceptors (Lipinski definition) is 6. The molecular weight excluding hydrogens is 324 g/mol. The zero-order valence-electron chi connectivity index (χ0n) is 14.9. The maximum Gasteiger partial charge on any atom is 0.316 e. The predicted molar refractivity (Wildman–Crippen MR) is 89.8 cm³/mol. The summed E-state index contributed by atoms with van der Waals surface area (Å²) in [5.41, 5.74) is 0.0983. The van der Waals surface area contributed by atoms with Crippen LogP contribution < -0.4 is 0 Å². The summed E-state index contributed by atoms with van der Waals surface area (Å²) in [7, 11) is 2.42.